The molecule has 0 aliphatic carbocycles. The summed E-state index contributed by atoms with van der Waals surface area (Å²) in [4.78, 5) is 0. The summed E-state index contributed by atoms with van der Waals surface area (Å²) in [5.41, 5.74) is 4.73. The fourth-order valence-electron chi connectivity index (χ4n) is 0. The van der Waals surface area contributed by atoms with Crippen LogP contribution in [0, 0.1) is 0 Å². The summed E-state index contributed by atoms with van der Waals surface area (Å²) in [5.74, 6) is 0. The third-order valence-corrected chi connectivity index (χ3v) is 1.41. The topological polar surface area (TPSA) is 80.4 Å². The summed E-state index contributed by atoms with van der Waals surface area (Å²) < 4.78 is 27.5. The standard InChI is InChI=1S/C2H7NO3S.ClH/c1-2(3)7(4,5)6;/h2H,3H2,1H3,(H,4,5,6);1H. The zero-order chi connectivity index (χ0) is 6.08. The van der Waals surface area contributed by atoms with Crippen LogP contribution in [0.4, 0.5) is 0 Å². The van der Waals surface area contributed by atoms with Crippen LogP contribution in [0.5, 0.6) is 0 Å². The Bertz CT molecular complexity index is 139. The van der Waals surface area contributed by atoms with Gasteiger partial charge in [0.15, 0.2) is 0 Å². The van der Waals surface area contributed by atoms with E-state index in [9.17, 15) is 8.42 Å². The highest BCUT2D eigenvalue weighted by Gasteiger charge is 2.09. The molecule has 0 heterocycles. The van der Waals surface area contributed by atoms with Gasteiger partial charge in [-0.25, -0.2) is 0 Å². The van der Waals surface area contributed by atoms with Crippen molar-refractivity contribution in [2.24, 2.45) is 5.73 Å². The molecule has 1 atom stereocenters. The van der Waals surface area contributed by atoms with E-state index in [2.05, 4.69) is 0 Å². The largest absolute Gasteiger partial charge is 0.313 e. The SMILES string of the molecule is CC(N)S(=O)(=O)O.Cl. The molecule has 0 spiro atoms. The molecule has 0 aromatic carbocycles. The van der Waals surface area contributed by atoms with Crippen molar-refractivity contribution in [3.63, 3.8) is 0 Å². The third-order valence-electron chi connectivity index (χ3n) is 0.470. The molecule has 0 saturated heterocycles. The van der Waals surface area contributed by atoms with E-state index in [1.807, 2.05) is 0 Å². The highest BCUT2D eigenvalue weighted by Crippen LogP contribution is 1.84. The second-order valence-electron chi connectivity index (χ2n) is 1.22. The Balaban J connectivity index is 0. The fraction of sp³-hybridized carbons (Fsp3) is 1.00. The van der Waals surface area contributed by atoms with E-state index in [0.717, 1.165) is 0 Å². The monoisotopic (exact) mass is 161 g/mol. The van der Waals surface area contributed by atoms with E-state index in [1.54, 1.807) is 0 Å². The first-order valence-electron chi connectivity index (χ1n) is 1.66. The fourth-order valence-corrected chi connectivity index (χ4v) is 0. The van der Waals surface area contributed by atoms with Gasteiger partial charge in [-0.05, 0) is 6.92 Å². The summed E-state index contributed by atoms with van der Waals surface area (Å²) in [6.07, 6.45) is 0. The lowest BCUT2D eigenvalue weighted by molar-refractivity contribution is 0.471. The molecule has 0 radical (unpaired) electrons. The summed E-state index contributed by atoms with van der Waals surface area (Å²) in [5, 5.41) is -1.17. The maximum atomic E-state index is 9.76. The Morgan fingerprint density at radius 1 is 1.62 bits per heavy atom. The number of hydrogen-bond donors (Lipinski definition) is 2. The van der Waals surface area contributed by atoms with Crippen molar-refractivity contribution in [2.75, 3.05) is 0 Å². The number of halogens is 1. The van der Waals surface area contributed by atoms with Gasteiger partial charge in [-0.3, -0.25) is 4.55 Å². The van der Waals surface area contributed by atoms with Crippen LogP contribution in [-0.4, -0.2) is 18.3 Å². The Labute approximate surface area is 54.2 Å². The summed E-state index contributed by atoms with van der Waals surface area (Å²) >= 11 is 0. The van der Waals surface area contributed by atoms with Gasteiger partial charge in [0.05, 0.1) is 0 Å². The average Bonchev–Trinajstić information content (AvgIpc) is 1.31. The van der Waals surface area contributed by atoms with Gasteiger partial charge in [0.2, 0.25) is 0 Å². The molecule has 0 aromatic heterocycles. The molecule has 1 unspecified atom stereocenters. The lowest BCUT2D eigenvalue weighted by Crippen LogP contribution is -2.25. The van der Waals surface area contributed by atoms with E-state index in [0.29, 0.717) is 0 Å². The van der Waals surface area contributed by atoms with E-state index in [-0.39, 0.29) is 12.4 Å². The van der Waals surface area contributed by atoms with Gasteiger partial charge in [0.25, 0.3) is 10.1 Å². The Hall–Kier alpha value is 0.160. The first-order valence-corrected chi connectivity index (χ1v) is 3.17. The third kappa shape index (κ3) is 4.32. The van der Waals surface area contributed by atoms with Crippen LogP contribution in [0.25, 0.3) is 0 Å². The van der Waals surface area contributed by atoms with Crippen molar-refractivity contribution in [3.05, 3.63) is 0 Å². The van der Waals surface area contributed by atoms with Gasteiger partial charge < -0.3 is 5.73 Å². The second kappa shape index (κ2) is 3.24. The quantitative estimate of drug-likeness (QED) is 0.513. The highest BCUT2D eigenvalue weighted by molar-refractivity contribution is 7.86. The molecule has 0 aromatic rings. The molecule has 52 valence electrons. The van der Waals surface area contributed by atoms with Crippen molar-refractivity contribution in [2.45, 2.75) is 12.3 Å². The predicted molar refractivity (Wildman–Crippen MR) is 32.4 cm³/mol. The van der Waals surface area contributed by atoms with Crippen LogP contribution in [0.2, 0.25) is 0 Å². The molecule has 0 aliphatic rings. The molecule has 0 bridgehead atoms. The molecular weight excluding hydrogens is 154 g/mol. The Kier molecular flexibility index (Phi) is 4.46. The minimum atomic E-state index is -3.96. The van der Waals surface area contributed by atoms with Gasteiger partial charge in [0, 0.05) is 0 Å². The van der Waals surface area contributed by atoms with Gasteiger partial charge in [-0.15, -0.1) is 12.4 Å². The molecule has 0 amide bonds. The van der Waals surface area contributed by atoms with Crippen molar-refractivity contribution in [1.82, 2.24) is 0 Å². The first-order chi connectivity index (χ1) is 2.94. The zero-order valence-corrected chi connectivity index (χ0v) is 5.87. The zero-order valence-electron chi connectivity index (χ0n) is 4.23. The van der Waals surface area contributed by atoms with Crippen LogP contribution in [0.3, 0.4) is 0 Å². The maximum absolute atomic E-state index is 9.76. The van der Waals surface area contributed by atoms with Crippen LogP contribution in [0.1, 0.15) is 6.92 Å². The van der Waals surface area contributed by atoms with Crippen molar-refractivity contribution >= 4 is 22.5 Å². The predicted octanol–water partition coefficient (Wildman–Crippen LogP) is -0.399. The van der Waals surface area contributed by atoms with Crippen molar-refractivity contribution in [1.29, 1.82) is 0 Å². The highest BCUT2D eigenvalue weighted by atomic mass is 35.5. The Morgan fingerprint density at radius 2 is 1.75 bits per heavy atom. The summed E-state index contributed by atoms with van der Waals surface area (Å²) in [6, 6.07) is 0. The minimum Gasteiger partial charge on any atom is -0.313 e. The van der Waals surface area contributed by atoms with Crippen LogP contribution < -0.4 is 5.73 Å². The van der Waals surface area contributed by atoms with E-state index < -0.39 is 15.5 Å². The first kappa shape index (κ1) is 11.0. The molecule has 8 heavy (non-hydrogen) atoms. The molecule has 4 nitrogen and oxygen atoms in total. The molecule has 0 saturated carbocycles. The Morgan fingerprint density at radius 3 is 1.75 bits per heavy atom. The maximum Gasteiger partial charge on any atom is 0.280 e. The lowest BCUT2D eigenvalue weighted by Gasteiger charge is -1.95. The van der Waals surface area contributed by atoms with E-state index in [1.165, 1.54) is 6.92 Å². The minimum absolute atomic E-state index is 0. The van der Waals surface area contributed by atoms with Crippen molar-refractivity contribution < 1.29 is 13.0 Å². The van der Waals surface area contributed by atoms with Gasteiger partial charge in [-0.1, -0.05) is 0 Å². The van der Waals surface area contributed by atoms with Gasteiger partial charge in [-0.2, -0.15) is 8.42 Å². The van der Waals surface area contributed by atoms with Gasteiger partial charge in [0.1, 0.15) is 5.37 Å². The second-order valence-corrected chi connectivity index (χ2v) is 2.99. The number of rotatable bonds is 1. The molecule has 0 fully saturated rings. The smallest absolute Gasteiger partial charge is 0.280 e. The van der Waals surface area contributed by atoms with Crippen LogP contribution in [-0.2, 0) is 10.1 Å². The molecular formula is C2H8ClNO3S. The molecule has 3 N–H and O–H groups in total. The van der Waals surface area contributed by atoms with Crippen LogP contribution in [0.15, 0.2) is 0 Å². The lowest BCUT2D eigenvalue weighted by atomic mass is 10.8. The molecule has 0 aliphatic heterocycles. The summed E-state index contributed by atoms with van der Waals surface area (Å²) in [7, 11) is -3.96. The number of hydrogen-bond acceptors (Lipinski definition) is 3. The van der Waals surface area contributed by atoms with E-state index in [4.69, 9.17) is 10.3 Å². The van der Waals surface area contributed by atoms with Crippen LogP contribution >= 0.6 is 12.4 Å². The molecule has 0 rings (SSSR count). The summed E-state index contributed by atoms with van der Waals surface area (Å²) in [6.45, 7) is 1.19. The molecule has 6 heteroatoms. The average molecular weight is 162 g/mol. The van der Waals surface area contributed by atoms with Gasteiger partial charge >= 0.3 is 0 Å². The number of nitrogens with two attached hydrogens (primary N) is 1. The van der Waals surface area contributed by atoms with E-state index >= 15 is 0 Å². The van der Waals surface area contributed by atoms with Crippen molar-refractivity contribution in [3.8, 4) is 0 Å². The normalized spacial score (nSPS) is 14.4.